The number of hydrogen-bond acceptors (Lipinski definition) is 4. The van der Waals surface area contributed by atoms with E-state index < -0.39 is 6.04 Å². The Labute approximate surface area is 175 Å². The van der Waals surface area contributed by atoms with E-state index in [-0.39, 0.29) is 17.1 Å². The highest BCUT2D eigenvalue weighted by Gasteiger charge is 2.43. The molecule has 2 aromatic carbocycles. The topological polar surface area (TPSA) is 64.2 Å². The molecule has 0 saturated heterocycles. The number of likely N-dealkylation sites (N-methyl/N-ethyl adjacent to an activating group) is 1. The van der Waals surface area contributed by atoms with E-state index in [9.17, 15) is 9.59 Å². The highest BCUT2D eigenvalue weighted by atomic mass is 16.5. The molecule has 0 saturated carbocycles. The smallest absolute Gasteiger partial charge is 0.291 e. The molecule has 6 nitrogen and oxygen atoms in total. The standard InChI is InChI=1S/C24H26N2O4/c1-4-25(5-2)13-14-26-21(16-9-8-10-17(15-16)29-3)20-22(27)18-11-6-7-12-19(18)30-23(20)24(26)28/h6-12,15,21H,4-5,13-14H2,1-3H3/p+1/t21-/m0/s1. The van der Waals surface area contributed by atoms with Gasteiger partial charge >= 0.3 is 0 Å². The molecule has 0 fully saturated rings. The third-order valence-electron chi connectivity index (χ3n) is 5.99. The molecule has 3 aromatic rings. The van der Waals surface area contributed by atoms with E-state index in [2.05, 4.69) is 13.8 Å². The fourth-order valence-corrected chi connectivity index (χ4v) is 4.24. The first-order valence-corrected chi connectivity index (χ1v) is 10.4. The van der Waals surface area contributed by atoms with Crippen molar-refractivity contribution in [3.63, 3.8) is 0 Å². The van der Waals surface area contributed by atoms with Crippen molar-refractivity contribution in [3.8, 4) is 5.75 Å². The quantitative estimate of drug-likeness (QED) is 0.653. The molecule has 0 radical (unpaired) electrons. The van der Waals surface area contributed by atoms with Crippen molar-refractivity contribution < 1.29 is 18.8 Å². The maximum Gasteiger partial charge on any atom is 0.291 e. The van der Waals surface area contributed by atoms with Gasteiger partial charge in [-0.05, 0) is 43.7 Å². The van der Waals surface area contributed by atoms with Crippen molar-refractivity contribution in [1.29, 1.82) is 0 Å². The first kappa shape index (κ1) is 20.2. The lowest BCUT2D eigenvalue weighted by Crippen LogP contribution is -3.12. The number of rotatable bonds is 7. The second-order valence-corrected chi connectivity index (χ2v) is 7.55. The second-order valence-electron chi connectivity index (χ2n) is 7.55. The van der Waals surface area contributed by atoms with Crippen LogP contribution in [0, 0.1) is 0 Å². The SMILES string of the molecule is CC[NH+](CC)CCN1C(=O)c2oc3ccccc3c(=O)c2[C@@H]1c1cccc(OC)c1. The Morgan fingerprint density at radius 3 is 2.57 bits per heavy atom. The van der Waals surface area contributed by atoms with Gasteiger partial charge in [-0.1, -0.05) is 24.3 Å². The number of para-hydroxylation sites is 1. The van der Waals surface area contributed by atoms with Crippen LogP contribution in [0.3, 0.4) is 0 Å². The van der Waals surface area contributed by atoms with Crippen LogP contribution in [0.25, 0.3) is 11.0 Å². The average Bonchev–Trinajstić information content (AvgIpc) is 3.06. The van der Waals surface area contributed by atoms with Crippen LogP contribution in [0.2, 0.25) is 0 Å². The molecule has 1 aromatic heterocycles. The lowest BCUT2D eigenvalue weighted by atomic mass is 9.98. The number of methoxy groups -OCH3 is 1. The predicted octanol–water partition coefficient (Wildman–Crippen LogP) is 2.27. The Morgan fingerprint density at radius 1 is 1.07 bits per heavy atom. The van der Waals surface area contributed by atoms with E-state index in [1.54, 1.807) is 30.2 Å². The van der Waals surface area contributed by atoms with Crippen molar-refractivity contribution in [3.05, 3.63) is 75.6 Å². The highest BCUT2D eigenvalue weighted by Crippen LogP contribution is 2.38. The summed E-state index contributed by atoms with van der Waals surface area (Å²) in [5.41, 5.74) is 1.56. The van der Waals surface area contributed by atoms with Crippen LogP contribution in [0.5, 0.6) is 5.75 Å². The summed E-state index contributed by atoms with van der Waals surface area (Å²) in [7, 11) is 1.61. The third kappa shape index (κ3) is 3.37. The molecule has 1 amide bonds. The van der Waals surface area contributed by atoms with Crippen molar-refractivity contribution in [2.75, 3.05) is 33.3 Å². The lowest BCUT2D eigenvalue weighted by molar-refractivity contribution is -0.895. The number of amides is 1. The van der Waals surface area contributed by atoms with E-state index in [1.807, 2.05) is 30.3 Å². The van der Waals surface area contributed by atoms with Crippen molar-refractivity contribution in [2.45, 2.75) is 19.9 Å². The summed E-state index contributed by atoms with van der Waals surface area (Å²) < 4.78 is 11.4. The number of carbonyl (C=O) groups is 1. The molecule has 6 heteroatoms. The Bertz CT molecular complexity index is 1130. The Kier molecular flexibility index (Phi) is 5.59. The molecule has 2 heterocycles. The molecule has 0 unspecified atom stereocenters. The summed E-state index contributed by atoms with van der Waals surface area (Å²) in [6, 6.07) is 14.2. The number of hydrogen-bond donors (Lipinski definition) is 1. The van der Waals surface area contributed by atoms with Gasteiger partial charge in [-0.25, -0.2) is 0 Å². The van der Waals surface area contributed by atoms with Crippen LogP contribution in [0.1, 0.15) is 41.6 Å². The number of ether oxygens (including phenoxy) is 1. The normalized spacial score (nSPS) is 15.8. The Hall–Kier alpha value is -3.12. The summed E-state index contributed by atoms with van der Waals surface area (Å²) in [5, 5.41) is 0.494. The molecular formula is C24H27N2O4+. The van der Waals surface area contributed by atoms with E-state index in [4.69, 9.17) is 9.15 Å². The minimum Gasteiger partial charge on any atom is -0.497 e. The van der Waals surface area contributed by atoms with Gasteiger partial charge in [0.05, 0.1) is 50.3 Å². The molecule has 0 spiro atoms. The number of fused-ring (bicyclic) bond motifs is 2. The minimum absolute atomic E-state index is 0.147. The number of benzene rings is 2. The van der Waals surface area contributed by atoms with Gasteiger partial charge < -0.3 is 19.0 Å². The summed E-state index contributed by atoms with van der Waals surface area (Å²) in [4.78, 5) is 30.0. The molecule has 1 aliphatic rings. The largest absolute Gasteiger partial charge is 0.497 e. The van der Waals surface area contributed by atoms with E-state index in [1.165, 1.54) is 4.90 Å². The third-order valence-corrected chi connectivity index (χ3v) is 5.99. The monoisotopic (exact) mass is 407 g/mol. The number of quaternary nitrogens is 1. The van der Waals surface area contributed by atoms with E-state index >= 15 is 0 Å². The molecule has 156 valence electrons. The average molecular weight is 407 g/mol. The van der Waals surface area contributed by atoms with E-state index in [0.29, 0.717) is 28.8 Å². The Morgan fingerprint density at radius 2 is 1.83 bits per heavy atom. The van der Waals surface area contributed by atoms with Gasteiger partial charge in [-0.3, -0.25) is 9.59 Å². The summed E-state index contributed by atoms with van der Waals surface area (Å²) in [5.74, 6) is 0.612. The lowest BCUT2D eigenvalue weighted by Gasteiger charge is -2.27. The van der Waals surface area contributed by atoms with Crippen molar-refractivity contribution in [1.82, 2.24) is 4.90 Å². The predicted molar refractivity (Wildman–Crippen MR) is 115 cm³/mol. The molecule has 1 aliphatic heterocycles. The van der Waals surface area contributed by atoms with Crippen LogP contribution >= 0.6 is 0 Å². The van der Waals surface area contributed by atoms with Gasteiger partial charge in [0.2, 0.25) is 5.76 Å². The van der Waals surface area contributed by atoms with Gasteiger partial charge in [0.1, 0.15) is 11.3 Å². The molecular weight excluding hydrogens is 380 g/mol. The molecule has 30 heavy (non-hydrogen) atoms. The fourth-order valence-electron chi connectivity index (χ4n) is 4.24. The summed E-state index contributed by atoms with van der Waals surface area (Å²) >= 11 is 0. The fraction of sp³-hybridized carbons (Fsp3) is 0.333. The van der Waals surface area contributed by atoms with Crippen molar-refractivity contribution in [2.24, 2.45) is 0 Å². The number of nitrogens with zero attached hydrogens (tertiary/aromatic N) is 1. The van der Waals surface area contributed by atoms with Crippen LogP contribution in [-0.4, -0.2) is 44.1 Å². The maximum absolute atomic E-state index is 13.4. The first-order valence-electron chi connectivity index (χ1n) is 10.4. The summed E-state index contributed by atoms with van der Waals surface area (Å²) in [6.45, 7) is 7.58. The second kappa shape index (κ2) is 8.32. The van der Waals surface area contributed by atoms with Gasteiger partial charge in [0, 0.05) is 0 Å². The molecule has 1 N–H and O–H groups in total. The summed E-state index contributed by atoms with van der Waals surface area (Å²) in [6.07, 6.45) is 0. The minimum atomic E-state index is -0.488. The number of carbonyl (C=O) groups excluding carboxylic acids is 1. The molecule has 0 bridgehead atoms. The molecule has 0 aliphatic carbocycles. The van der Waals surface area contributed by atoms with Gasteiger partial charge in [-0.15, -0.1) is 0 Å². The van der Waals surface area contributed by atoms with Gasteiger partial charge in [0.25, 0.3) is 5.91 Å². The number of nitrogens with one attached hydrogen (secondary N) is 1. The Balaban J connectivity index is 1.87. The highest BCUT2D eigenvalue weighted by molar-refractivity contribution is 5.99. The molecule has 1 atom stereocenters. The van der Waals surface area contributed by atoms with Gasteiger partial charge in [-0.2, -0.15) is 0 Å². The van der Waals surface area contributed by atoms with Crippen LogP contribution in [0.15, 0.2) is 57.7 Å². The van der Waals surface area contributed by atoms with Crippen LogP contribution < -0.4 is 15.1 Å². The van der Waals surface area contributed by atoms with Crippen LogP contribution in [-0.2, 0) is 0 Å². The van der Waals surface area contributed by atoms with Crippen molar-refractivity contribution >= 4 is 16.9 Å². The maximum atomic E-state index is 13.4. The van der Waals surface area contributed by atoms with Crippen LogP contribution in [0.4, 0.5) is 0 Å². The van der Waals surface area contributed by atoms with Gasteiger partial charge in [0.15, 0.2) is 5.43 Å². The first-order chi connectivity index (χ1) is 14.6. The molecule has 4 rings (SSSR count). The zero-order chi connectivity index (χ0) is 21.3. The zero-order valence-electron chi connectivity index (χ0n) is 17.6. The van der Waals surface area contributed by atoms with E-state index in [0.717, 1.165) is 25.2 Å². The zero-order valence-corrected chi connectivity index (χ0v) is 17.6.